The van der Waals surface area contributed by atoms with Crippen LogP contribution in [0.25, 0.3) is 0 Å². The summed E-state index contributed by atoms with van der Waals surface area (Å²) >= 11 is 0. The van der Waals surface area contributed by atoms with Crippen molar-refractivity contribution in [2.45, 2.75) is 19.9 Å². The van der Waals surface area contributed by atoms with Crippen molar-refractivity contribution >= 4 is 11.8 Å². The number of nitrogens with zero attached hydrogens (tertiary/aromatic N) is 4. The number of rotatable bonds is 4. The molecule has 2 amide bonds. The molecule has 1 aromatic heterocycles. The molecule has 0 saturated carbocycles. The molecule has 0 aliphatic carbocycles. The minimum Gasteiger partial charge on any atom is -0.497 e. The normalized spacial score (nSPS) is 14.6. The monoisotopic (exact) mass is 356 g/mol. The molecule has 0 N–H and O–H groups in total. The van der Waals surface area contributed by atoms with E-state index in [1.54, 1.807) is 53.7 Å². The number of piperazine rings is 1. The first-order valence-corrected chi connectivity index (χ1v) is 8.75. The van der Waals surface area contributed by atoms with Crippen molar-refractivity contribution in [3.05, 3.63) is 48.0 Å². The fraction of sp³-hybridized carbons (Fsp3) is 0.421. The van der Waals surface area contributed by atoms with E-state index in [4.69, 9.17) is 4.74 Å². The van der Waals surface area contributed by atoms with E-state index in [1.807, 2.05) is 18.4 Å². The van der Waals surface area contributed by atoms with Gasteiger partial charge >= 0.3 is 0 Å². The Balaban J connectivity index is 1.59. The van der Waals surface area contributed by atoms with E-state index in [0.29, 0.717) is 37.4 Å². The van der Waals surface area contributed by atoms with Crippen LogP contribution in [0, 0.1) is 0 Å². The Morgan fingerprint density at radius 2 is 1.58 bits per heavy atom. The summed E-state index contributed by atoms with van der Waals surface area (Å²) in [6.45, 7) is 6.13. The highest BCUT2D eigenvalue weighted by Gasteiger charge is 2.26. The quantitative estimate of drug-likeness (QED) is 0.841. The lowest BCUT2D eigenvalue weighted by molar-refractivity contribution is 0.0532. The highest BCUT2D eigenvalue weighted by Crippen LogP contribution is 2.15. The second kappa shape index (κ2) is 7.59. The van der Waals surface area contributed by atoms with Crippen molar-refractivity contribution in [1.29, 1.82) is 0 Å². The summed E-state index contributed by atoms with van der Waals surface area (Å²) in [5.41, 5.74) is 1.08. The molecule has 2 heterocycles. The molecule has 7 heteroatoms. The largest absolute Gasteiger partial charge is 0.497 e. The van der Waals surface area contributed by atoms with Crippen LogP contribution in [-0.2, 0) is 0 Å². The maximum atomic E-state index is 12.6. The molecule has 2 aromatic rings. The Kier molecular flexibility index (Phi) is 5.25. The third-order valence-corrected chi connectivity index (χ3v) is 4.61. The summed E-state index contributed by atoms with van der Waals surface area (Å²) in [4.78, 5) is 32.9. The van der Waals surface area contributed by atoms with Gasteiger partial charge in [0.25, 0.3) is 11.8 Å². The fourth-order valence-electron chi connectivity index (χ4n) is 2.92. The summed E-state index contributed by atoms with van der Waals surface area (Å²) in [7, 11) is 1.59. The van der Waals surface area contributed by atoms with E-state index in [0.717, 1.165) is 5.75 Å². The number of carbonyl (C=O) groups is 2. The van der Waals surface area contributed by atoms with Crippen LogP contribution in [0.15, 0.2) is 36.8 Å². The zero-order chi connectivity index (χ0) is 18.7. The molecule has 0 bridgehead atoms. The van der Waals surface area contributed by atoms with Crippen LogP contribution >= 0.6 is 0 Å². The van der Waals surface area contributed by atoms with Crippen LogP contribution in [0.1, 0.15) is 40.7 Å². The molecule has 0 unspecified atom stereocenters. The molecule has 26 heavy (non-hydrogen) atoms. The van der Waals surface area contributed by atoms with Gasteiger partial charge in [0.1, 0.15) is 11.4 Å². The number of hydrogen-bond acceptors (Lipinski definition) is 4. The van der Waals surface area contributed by atoms with Crippen LogP contribution in [0.4, 0.5) is 0 Å². The molecular weight excluding hydrogens is 332 g/mol. The third kappa shape index (κ3) is 3.71. The molecule has 0 radical (unpaired) electrons. The number of benzene rings is 1. The van der Waals surface area contributed by atoms with Crippen molar-refractivity contribution in [2.24, 2.45) is 0 Å². The smallest absolute Gasteiger partial charge is 0.274 e. The lowest BCUT2D eigenvalue weighted by atomic mass is 10.1. The molecule has 1 aliphatic rings. The van der Waals surface area contributed by atoms with Gasteiger partial charge in [-0.15, -0.1) is 0 Å². The van der Waals surface area contributed by atoms with Crippen LogP contribution in [0.2, 0.25) is 0 Å². The number of hydrogen-bond donors (Lipinski definition) is 0. The van der Waals surface area contributed by atoms with Crippen molar-refractivity contribution in [3.8, 4) is 5.75 Å². The Hall–Kier alpha value is -2.83. The minimum atomic E-state index is -0.0825. The van der Waals surface area contributed by atoms with Gasteiger partial charge in [0.2, 0.25) is 0 Å². The molecule has 0 atom stereocenters. The molecule has 1 aliphatic heterocycles. The minimum absolute atomic E-state index is 0.0242. The Labute approximate surface area is 153 Å². The fourth-order valence-corrected chi connectivity index (χ4v) is 2.92. The summed E-state index contributed by atoms with van der Waals surface area (Å²) in [5.74, 6) is 0.614. The zero-order valence-corrected chi connectivity index (χ0v) is 15.4. The van der Waals surface area contributed by atoms with Crippen molar-refractivity contribution in [2.75, 3.05) is 33.3 Å². The number of amides is 2. The van der Waals surface area contributed by atoms with Crippen molar-refractivity contribution < 1.29 is 14.3 Å². The van der Waals surface area contributed by atoms with Crippen LogP contribution in [-0.4, -0.2) is 64.5 Å². The SMILES string of the molecule is COc1ccc(C(=O)N2CCN(C(=O)c3cn(C(C)C)cn3)CC2)cc1. The molecule has 1 saturated heterocycles. The Bertz CT molecular complexity index is 774. The number of methoxy groups -OCH3 is 1. The van der Waals surface area contributed by atoms with Gasteiger partial charge in [-0.3, -0.25) is 9.59 Å². The Morgan fingerprint density at radius 1 is 1.00 bits per heavy atom. The third-order valence-electron chi connectivity index (χ3n) is 4.61. The first-order valence-electron chi connectivity index (χ1n) is 8.75. The first kappa shape index (κ1) is 18.0. The summed E-state index contributed by atoms with van der Waals surface area (Å²) < 4.78 is 7.03. The highest BCUT2D eigenvalue weighted by atomic mass is 16.5. The van der Waals surface area contributed by atoms with E-state index in [9.17, 15) is 9.59 Å². The first-order chi connectivity index (χ1) is 12.5. The van der Waals surface area contributed by atoms with Gasteiger partial charge in [-0.1, -0.05) is 0 Å². The van der Waals surface area contributed by atoms with Crippen molar-refractivity contribution in [1.82, 2.24) is 19.4 Å². The predicted molar refractivity (Wildman–Crippen MR) is 97.4 cm³/mol. The molecule has 1 aromatic carbocycles. The second-order valence-corrected chi connectivity index (χ2v) is 6.61. The lowest BCUT2D eigenvalue weighted by Crippen LogP contribution is -2.50. The second-order valence-electron chi connectivity index (χ2n) is 6.61. The molecular formula is C19H24N4O3. The Morgan fingerprint density at radius 3 is 2.08 bits per heavy atom. The molecule has 1 fully saturated rings. The van der Waals surface area contributed by atoms with Gasteiger partial charge in [-0.05, 0) is 38.1 Å². The molecule has 3 rings (SSSR count). The van der Waals surface area contributed by atoms with E-state index in [-0.39, 0.29) is 17.9 Å². The number of imidazole rings is 1. The average molecular weight is 356 g/mol. The number of aromatic nitrogens is 2. The number of ether oxygens (including phenoxy) is 1. The van der Waals surface area contributed by atoms with E-state index in [2.05, 4.69) is 4.98 Å². The van der Waals surface area contributed by atoms with E-state index in [1.165, 1.54) is 0 Å². The molecule has 138 valence electrons. The maximum absolute atomic E-state index is 12.6. The van der Waals surface area contributed by atoms with Crippen LogP contribution < -0.4 is 4.74 Å². The van der Waals surface area contributed by atoms with E-state index < -0.39 is 0 Å². The van der Waals surface area contributed by atoms with Gasteiger partial charge in [-0.2, -0.15) is 0 Å². The van der Waals surface area contributed by atoms with Crippen LogP contribution in [0.3, 0.4) is 0 Å². The average Bonchev–Trinajstić information content (AvgIpc) is 3.17. The number of carbonyl (C=O) groups excluding carboxylic acids is 2. The van der Waals surface area contributed by atoms with E-state index >= 15 is 0 Å². The predicted octanol–water partition coefficient (Wildman–Crippen LogP) is 2.07. The summed E-state index contributed by atoms with van der Waals surface area (Å²) in [6.07, 6.45) is 3.46. The van der Waals surface area contributed by atoms with Gasteiger partial charge in [0.05, 0.1) is 13.4 Å². The van der Waals surface area contributed by atoms with Gasteiger partial charge in [0, 0.05) is 44.0 Å². The lowest BCUT2D eigenvalue weighted by Gasteiger charge is -2.34. The highest BCUT2D eigenvalue weighted by molar-refractivity contribution is 5.95. The van der Waals surface area contributed by atoms with Crippen molar-refractivity contribution in [3.63, 3.8) is 0 Å². The topological polar surface area (TPSA) is 67.7 Å². The maximum Gasteiger partial charge on any atom is 0.274 e. The molecule has 7 nitrogen and oxygen atoms in total. The molecule has 0 spiro atoms. The standard InChI is InChI=1S/C19H24N4O3/c1-14(2)23-12-17(20-13-23)19(25)22-10-8-21(9-11-22)18(24)15-4-6-16(26-3)7-5-15/h4-7,12-14H,8-11H2,1-3H3. The van der Waals surface area contributed by atoms with Gasteiger partial charge in [0.15, 0.2) is 0 Å². The summed E-state index contributed by atoms with van der Waals surface area (Å²) in [5, 5.41) is 0. The summed E-state index contributed by atoms with van der Waals surface area (Å²) in [6, 6.07) is 7.34. The zero-order valence-electron chi connectivity index (χ0n) is 15.4. The van der Waals surface area contributed by atoms with Crippen LogP contribution in [0.5, 0.6) is 5.75 Å². The van der Waals surface area contributed by atoms with Gasteiger partial charge < -0.3 is 19.1 Å². The van der Waals surface area contributed by atoms with Gasteiger partial charge in [-0.25, -0.2) is 4.98 Å².